The number of ether oxygens (including phenoxy) is 1. The van der Waals surface area contributed by atoms with Crippen LogP contribution in [0.2, 0.25) is 0 Å². The fourth-order valence-electron chi connectivity index (χ4n) is 2.59. The first-order chi connectivity index (χ1) is 10.4. The quantitative estimate of drug-likeness (QED) is 0.839. The lowest BCUT2D eigenvalue weighted by molar-refractivity contribution is 0.0787. The van der Waals surface area contributed by atoms with Crippen molar-refractivity contribution in [3.05, 3.63) is 35.9 Å². The second-order valence-electron chi connectivity index (χ2n) is 5.57. The number of piperidine rings is 1. The highest BCUT2D eigenvalue weighted by Crippen LogP contribution is 2.21. The third-order valence-corrected chi connectivity index (χ3v) is 4.52. The normalized spacial score (nSPS) is 19.0. The third-order valence-electron chi connectivity index (χ3n) is 3.77. The Hall–Kier alpha value is -1.60. The van der Waals surface area contributed by atoms with Crippen LogP contribution in [0.25, 0.3) is 0 Å². The number of carbonyl (C=O) groups excluding carboxylic acids is 1. The fourth-order valence-corrected chi connectivity index (χ4v) is 3.22. The molecule has 0 radical (unpaired) electrons. The molecule has 122 valence electrons. The number of amides is 1. The maximum Gasteiger partial charge on any atom is 0.410 e. The first-order valence-electron chi connectivity index (χ1n) is 7.35. The Labute approximate surface area is 130 Å². The van der Waals surface area contributed by atoms with E-state index in [0.29, 0.717) is 19.5 Å². The van der Waals surface area contributed by atoms with Crippen LogP contribution in [-0.4, -0.2) is 42.8 Å². The maximum absolute atomic E-state index is 12.1. The first-order valence-corrected chi connectivity index (χ1v) is 8.96. The second kappa shape index (κ2) is 7.60. The van der Waals surface area contributed by atoms with Crippen molar-refractivity contribution in [2.75, 3.05) is 18.8 Å². The molecule has 1 saturated heterocycles. The lowest BCUT2D eigenvalue weighted by atomic mass is 9.96. The molecule has 1 aromatic carbocycles. The highest BCUT2D eigenvalue weighted by Gasteiger charge is 2.25. The number of hydrogen-bond donors (Lipinski definition) is 1. The minimum Gasteiger partial charge on any atom is -0.445 e. The molecule has 1 aliphatic rings. The van der Waals surface area contributed by atoms with E-state index in [-0.39, 0.29) is 24.4 Å². The van der Waals surface area contributed by atoms with Crippen molar-refractivity contribution in [2.45, 2.75) is 25.9 Å². The number of likely N-dealkylation sites (tertiary alicyclic amines) is 1. The van der Waals surface area contributed by atoms with E-state index in [1.807, 2.05) is 30.3 Å². The van der Waals surface area contributed by atoms with Gasteiger partial charge >= 0.3 is 6.09 Å². The molecule has 0 aliphatic carbocycles. The summed E-state index contributed by atoms with van der Waals surface area (Å²) in [7, 11) is -3.94. The van der Waals surface area contributed by atoms with Gasteiger partial charge in [0.05, 0.1) is 5.75 Å². The van der Waals surface area contributed by atoms with Gasteiger partial charge in [0.15, 0.2) is 0 Å². The predicted molar refractivity (Wildman–Crippen MR) is 82.0 cm³/mol. The molecule has 0 spiro atoms. The van der Waals surface area contributed by atoms with Crippen LogP contribution in [0, 0.1) is 5.92 Å². The molecular weight excluding hydrogens is 306 g/mol. The van der Waals surface area contributed by atoms with Crippen LogP contribution in [0.1, 0.15) is 24.8 Å². The van der Waals surface area contributed by atoms with Gasteiger partial charge in [-0.3, -0.25) is 4.55 Å². The van der Waals surface area contributed by atoms with Gasteiger partial charge in [-0.1, -0.05) is 30.3 Å². The highest BCUT2D eigenvalue weighted by atomic mass is 32.2. The molecule has 1 aromatic rings. The summed E-state index contributed by atoms with van der Waals surface area (Å²) in [4.78, 5) is 13.7. The van der Waals surface area contributed by atoms with E-state index in [1.54, 1.807) is 4.90 Å². The van der Waals surface area contributed by atoms with Crippen molar-refractivity contribution in [1.82, 2.24) is 4.90 Å². The van der Waals surface area contributed by atoms with Crippen molar-refractivity contribution < 1.29 is 22.5 Å². The molecule has 1 N–H and O–H groups in total. The highest BCUT2D eigenvalue weighted by molar-refractivity contribution is 7.85. The monoisotopic (exact) mass is 327 g/mol. The van der Waals surface area contributed by atoms with Gasteiger partial charge in [0.2, 0.25) is 0 Å². The summed E-state index contributed by atoms with van der Waals surface area (Å²) < 4.78 is 35.7. The van der Waals surface area contributed by atoms with E-state index in [2.05, 4.69) is 0 Å². The number of nitrogens with zero attached hydrogens (tertiary/aromatic N) is 1. The standard InChI is InChI=1S/C15H21NO5S/c17-15(21-12-14-5-2-1-3-6-14)16-9-4-7-13(11-16)8-10-22(18,19)20/h1-3,5-6,13H,4,7-12H2,(H,18,19,20). The molecule has 22 heavy (non-hydrogen) atoms. The maximum atomic E-state index is 12.1. The summed E-state index contributed by atoms with van der Waals surface area (Å²) in [5.41, 5.74) is 0.927. The lowest BCUT2D eigenvalue weighted by Gasteiger charge is -2.31. The molecule has 6 nitrogen and oxygen atoms in total. The molecule has 7 heteroatoms. The molecule has 1 heterocycles. The van der Waals surface area contributed by atoms with Crippen LogP contribution in [0.5, 0.6) is 0 Å². The largest absolute Gasteiger partial charge is 0.445 e. The molecule has 1 unspecified atom stereocenters. The van der Waals surface area contributed by atoms with Crippen LogP contribution in [0.15, 0.2) is 30.3 Å². The van der Waals surface area contributed by atoms with Gasteiger partial charge in [0, 0.05) is 13.1 Å². The zero-order chi connectivity index (χ0) is 16.0. The summed E-state index contributed by atoms with van der Waals surface area (Å²) in [5.74, 6) is -0.176. The molecule has 0 bridgehead atoms. The molecular formula is C15H21NO5S. The Balaban J connectivity index is 1.79. The zero-order valence-corrected chi connectivity index (χ0v) is 13.2. The SMILES string of the molecule is O=C(OCc1ccccc1)N1CCCC(CCS(=O)(=O)O)C1. The molecule has 2 rings (SSSR count). The Morgan fingerprint density at radius 2 is 2.05 bits per heavy atom. The van der Waals surface area contributed by atoms with Crippen molar-refractivity contribution in [1.29, 1.82) is 0 Å². The Morgan fingerprint density at radius 1 is 1.32 bits per heavy atom. The van der Waals surface area contributed by atoms with Crippen molar-refractivity contribution >= 4 is 16.2 Å². The van der Waals surface area contributed by atoms with Gasteiger partial charge < -0.3 is 9.64 Å². The Kier molecular flexibility index (Phi) is 5.79. The smallest absolute Gasteiger partial charge is 0.410 e. The molecule has 1 atom stereocenters. The molecule has 1 amide bonds. The molecule has 0 saturated carbocycles. The van der Waals surface area contributed by atoms with E-state index in [9.17, 15) is 13.2 Å². The van der Waals surface area contributed by atoms with Gasteiger partial charge in [0.25, 0.3) is 10.1 Å². The van der Waals surface area contributed by atoms with E-state index in [1.165, 1.54) is 0 Å². The summed E-state index contributed by atoms with van der Waals surface area (Å²) in [6.45, 7) is 1.32. The topological polar surface area (TPSA) is 83.9 Å². The first kappa shape index (κ1) is 16.8. The Morgan fingerprint density at radius 3 is 2.73 bits per heavy atom. The van der Waals surface area contributed by atoms with Gasteiger partial charge in [0.1, 0.15) is 6.61 Å². The minimum absolute atomic E-state index is 0.0833. The van der Waals surface area contributed by atoms with Gasteiger partial charge in [-0.05, 0) is 30.7 Å². The summed E-state index contributed by atoms with van der Waals surface area (Å²) in [6, 6.07) is 9.44. The van der Waals surface area contributed by atoms with Crippen LogP contribution in [0.3, 0.4) is 0 Å². The number of benzene rings is 1. The van der Waals surface area contributed by atoms with E-state index >= 15 is 0 Å². The van der Waals surface area contributed by atoms with Gasteiger partial charge in [-0.2, -0.15) is 8.42 Å². The number of carbonyl (C=O) groups is 1. The number of hydrogen-bond acceptors (Lipinski definition) is 4. The van der Waals surface area contributed by atoms with Crippen LogP contribution >= 0.6 is 0 Å². The predicted octanol–water partition coefficient (Wildman–Crippen LogP) is 2.31. The van der Waals surface area contributed by atoms with Gasteiger partial charge in [-0.25, -0.2) is 4.79 Å². The minimum atomic E-state index is -3.94. The van der Waals surface area contributed by atoms with Crippen molar-refractivity contribution in [3.8, 4) is 0 Å². The van der Waals surface area contributed by atoms with Crippen molar-refractivity contribution in [3.63, 3.8) is 0 Å². The summed E-state index contributed by atoms with van der Waals surface area (Å²) >= 11 is 0. The summed E-state index contributed by atoms with van der Waals surface area (Å²) in [6.07, 6.45) is 1.66. The average Bonchev–Trinajstić information content (AvgIpc) is 2.51. The molecule has 0 aromatic heterocycles. The molecule has 1 fully saturated rings. The van der Waals surface area contributed by atoms with Crippen molar-refractivity contribution in [2.24, 2.45) is 5.92 Å². The van der Waals surface area contributed by atoms with E-state index in [0.717, 1.165) is 18.4 Å². The van der Waals surface area contributed by atoms with Gasteiger partial charge in [-0.15, -0.1) is 0 Å². The van der Waals surface area contributed by atoms with Crippen LogP contribution < -0.4 is 0 Å². The fraction of sp³-hybridized carbons (Fsp3) is 0.533. The Bertz CT molecular complexity index is 587. The zero-order valence-electron chi connectivity index (χ0n) is 12.3. The lowest BCUT2D eigenvalue weighted by Crippen LogP contribution is -2.40. The van der Waals surface area contributed by atoms with Crippen LogP contribution in [-0.2, 0) is 21.5 Å². The van der Waals surface area contributed by atoms with Crippen LogP contribution in [0.4, 0.5) is 4.79 Å². The van der Waals surface area contributed by atoms with E-state index < -0.39 is 10.1 Å². The summed E-state index contributed by atoms with van der Waals surface area (Å²) in [5, 5.41) is 0. The van der Waals surface area contributed by atoms with E-state index in [4.69, 9.17) is 9.29 Å². The number of rotatable bonds is 5. The third kappa shape index (κ3) is 5.65. The average molecular weight is 327 g/mol. The second-order valence-corrected chi connectivity index (χ2v) is 7.14. The molecule has 1 aliphatic heterocycles.